The molecule has 0 aliphatic heterocycles. The standard InChI is InChI=1S/C9H22N2/c1-5-7-11(6-2)9(3)8-10-4/h9-10H,5-8H2,1-4H3. The van der Waals surface area contributed by atoms with Crippen molar-refractivity contribution in [2.75, 3.05) is 26.7 Å². The summed E-state index contributed by atoms with van der Waals surface area (Å²) in [6, 6.07) is 0.671. The van der Waals surface area contributed by atoms with Crippen molar-refractivity contribution in [3.63, 3.8) is 0 Å². The molecular weight excluding hydrogens is 136 g/mol. The van der Waals surface area contributed by atoms with Crippen LogP contribution in [0.2, 0.25) is 0 Å². The van der Waals surface area contributed by atoms with E-state index in [1.807, 2.05) is 7.05 Å². The molecule has 0 amide bonds. The zero-order valence-electron chi connectivity index (χ0n) is 8.35. The van der Waals surface area contributed by atoms with Gasteiger partial charge in [0.15, 0.2) is 0 Å². The molecule has 0 bridgehead atoms. The first-order valence-corrected chi connectivity index (χ1v) is 4.64. The van der Waals surface area contributed by atoms with E-state index in [2.05, 4.69) is 31.0 Å². The lowest BCUT2D eigenvalue weighted by Gasteiger charge is -2.26. The summed E-state index contributed by atoms with van der Waals surface area (Å²) >= 11 is 0. The van der Waals surface area contributed by atoms with E-state index in [0.29, 0.717) is 6.04 Å². The Labute approximate surface area is 71.0 Å². The van der Waals surface area contributed by atoms with E-state index in [-0.39, 0.29) is 0 Å². The van der Waals surface area contributed by atoms with Crippen molar-refractivity contribution < 1.29 is 0 Å². The van der Waals surface area contributed by atoms with Gasteiger partial charge < -0.3 is 5.32 Å². The van der Waals surface area contributed by atoms with E-state index < -0.39 is 0 Å². The quantitative estimate of drug-likeness (QED) is 0.627. The van der Waals surface area contributed by atoms with Crippen molar-refractivity contribution >= 4 is 0 Å². The molecule has 0 aliphatic rings. The largest absolute Gasteiger partial charge is 0.318 e. The summed E-state index contributed by atoms with van der Waals surface area (Å²) in [5.41, 5.74) is 0. The molecule has 0 aliphatic carbocycles. The summed E-state index contributed by atoms with van der Waals surface area (Å²) in [4.78, 5) is 2.50. The fourth-order valence-electron chi connectivity index (χ4n) is 1.40. The lowest BCUT2D eigenvalue weighted by molar-refractivity contribution is 0.218. The summed E-state index contributed by atoms with van der Waals surface area (Å²) < 4.78 is 0. The van der Waals surface area contributed by atoms with Crippen molar-refractivity contribution in [1.29, 1.82) is 0 Å². The molecule has 1 unspecified atom stereocenters. The maximum Gasteiger partial charge on any atom is 0.0192 e. The van der Waals surface area contributed by atoms with Crippen LogP contribution in [0.1, 0.15) is 27.2 Å². The van der Waals surface area contributed by atoms with Gasteiger partial charge in [0.1, 0.15) is 0 Å². The monoisotopic (exact) mass is 158 g/mol. The average molecular weight is 158 g/mol. The van der Waals surface area contributed by atoms with Crippen LogP contribution in [-0.2, 0) is 0 Å². The second-order valence-corrected chi connectivity index (χ2v) is 3.04. The first-order valence-electron chi connectivity index (χ1n) is 4.64. The highest BCUT2D eigenvalue weighted by molar-refractivity contribution is 4.66. The van der Waals surface area contributed by atoms with E-state index >= 15 is 0 Å². The molecule has 1 N–H and O–H groups in total. The van der Waals surface area contributed by atoms with Gasteiger partial charge in [0.25, 0.3) is 0 Å². The molecule has 0 aromatic heterocycles. The molecule has 0 saturated carbocycles. The predicted molar refractivity (Wildman–Crippen MR) is 50.9 cm³/mol. The third-order valence-electron chi connectivity index (χ3n) is 2.04. The van der Waals surface area contributed by atoms with Crippen LogP contribution >= 0.6 is 0 Å². The Kier molecular flexibility index (Phi) is 6.57. The minimum atomic E-state index is 0.671. The summed E-state index contributed by atoms with van der Waals surface area (Å²) in [6.07, 6.45) is 1.25. The Bertz CT molecular complexity index is 83.6. The summed E-state index contributed by atoms with van der Waals surface area (Å²) in [5, 5.41) is 3.20. The lowest BCUT2D eigenvalue weighted by Crippen LogP contribution is -2.39. The first-order chi connectivity index (χ1) is 5.26. The molecule has 0 aromatic rings. The zero-order valence-corrected chi connectivity index (χ0v) is 8.35. The van der Waals surface area contributed by atoms with Crippen LogP contribution in [0.25, 0.3) is 0 Å². The van der Waals surface area contributed by atoms with Gasteiger partial charge in [-0.05, 0) is 33.5 Å². The van der Waals surface area contributed by atoms with Crippen molar-refractivity contribution in [3.8, 4) is 0 Å². The molecule has 0 fully saturated rings. The lowest BCUT2D eigenvalue weighted by atomic mass is 10.2. The van der Waals surface area contributed by atoms with Gasteiger partial charge in [-0.3, -0.25) is 4.90 Å². The molecule has 0 rings (SSSR count). The van der Waals surface area contributed by atoms with Gasteiger partial charge in [0.05, 0.1) is 0 Å². The van der Waals surface area contributed by atoms with Gasteiger partial charge in [0, 0.05) is 12.6 Å². The van der Waals surface area contributed by atoms with Crippen LogP contribution in [0.15, 0.2) is 0 Å². The molecule has 2 nitrogen and oxygen atoms in total. The number of likely N-dealkylation sites (N-methyl/N-ethyl adjacent to an activating group) is 2. The Morgan fingerprint density at radius 1 is 1.36 bits per heavy atom. The van der Waals surface area contributed by atoms with Crippen molar-refractivity contribution in [2.45, 2.75) is 33.2 Å². The van der Waals surface area contributed by atoms with Gasteiger partial charge >= 0.3 is 0 Å². The average Bonchev–Trinajstić information content (AvgIpc) is 2.00. The maximum atomic E-state index is 3.20. The Morgan fingerprint density at radius 3 is 2.36 bits per heavy atom. The fourth-order valence-corrected chi connectivity index (χ4v) is 1.40. The van der Waals surface area contributed by atoms with Gasteiger partial charge in [-0.2, -0.15) is 0 Å². The second-order valence-electron chi connectivity index (χ2n) is 3.04. The van der Waals surface area contributed by atoms with Crippen LogP contribution in [0.4, 0.5) is 0 Å². The van der Waals surface area contributed by atoms with E-state index in [9.17, 15) is 0 Å². The van der Waals surface area contributed by atoms with Crippen LogP contribution in [-0.4, -0.2) is 37.6 Å². The molecule has 1 atom stereocenters. The zero-order chi connectivity index (χ0) is 8.69. The molecular formula is C9H22N2. The maximum absolute atomic E-state index is 3.20. The van der Waals surface area contributed by atoms with Crippen LogP contribution in [0.5, 0.6) is 0 Å². The number of hydrogen-bond acceptors (Lipinski definition) is 2. The summed E-state index contributed by atoms with van der Waals surface area (Å²) in [5.74, 6) is 0. The summed E-state index contributed by atoms with van der Waals surface area (Å²) in [6.45, 7) is 10.2. The molecule has 11 heavy (non-hydrogen) atoms. The highest BCUT2D eigenvalue weighted by Gasteiger charge is 2.08. The van der Waals surface area contributed by atoms with Crippen molar-refractivity contribution in [3.05, 3.63) is 0 Å². The Hall–Kier alpha value is -0.0800. The third kappa shape index (κ3) is 4.38. The fraction of sp³-hybridized carbons (Fsp3) is 1.00. The Balaban J connectivity index is 3.61. The number of rotatable bonds is 6. The van der Waals surface area contributed by atoms with Crippen molar-refractivity contribution in [1.82, 2.24) is 10.2 Å². The smallest absolute Gasteiger partial charge is 0.0192 e. The molecule has 0 heterocycles. The number of hydrogen-bond donors (Lipinski definition) is 1. The molecule has 0 radical (unpaired) electrons. The predicted octanol–water partition coefficient (Wildman–Crippen LogP) is 1.33. The normalized spacial score (nSPS) is 13.9. The second kappa shape index (κ2) is 6.62. The van der Waals surface area contributed by atoms with E-state index in [0.717, 1.165) is 13.1 Å². The van der Waals surface area contributed by atoms with Crippen LogP contribution in [0, 0.1) is 0 Å². The van der Waals surface area contributed by atoms with Crippen LogP contribution in [0.3, 0.4) is 0 Å². The van der Waals surface area contributed by atoms with Gasteiger partial charge in [0.2, 0.25) is 0 Å². The molecule has 2 heteroatoms. The SMILES string of the molecule is CCCN(CC)C(C)CNC. The van der Waals surface area contributed by atoms with Gasteiger partial charge in [-0.15, -0.1) is 0 Å². The molecule has 68 valence electrons. The number of nitrogens with zero attached hydrogens (tertiary/aromatic N) is 1. The summed E-state index contributed by atoms with van der Waals surface area (Å²) in [7, 11) is 2.01. The van der Waals surface area contributed by atoms with Gasteiger partial charge in [-0.25, -0.2) is 0 Å². The minimum Gasteiger partial charge on any atom is -0.318 e. The molecule has 0 saturated heterocycles. The van der Waals surface area contributed by atoms with Crippen molar-refractivity contribution in [2.24, 2.45) is 0 Å². The third-order valence-corrected chi connectivity index (χ3v) is 2.04. The van der Waals surface area contributed by atoms with E-state index in [1.54, 1.807) is 0 Å². The molecule has 0 aromatic carbocycles. The van der Waals surface area contributed by atoms with E-state index in [4.69, 9.17) is 0 Å². The van der Waals surface area contributed by atoms with E-state index in [1.165, 1.54) is 13.0 Å². The highest BCUT2D eigenvalue weighted by atomic mass is 15.2. The minimum absolute atomic E-state index is 0.671. The van der Waals surface area contributed by atoms with Crippen LogP contribution < -0.4 is 5.32 Å². The topological polar surface area (TPSA) is 15.3 Å². The molecule has 0 spiro atoms. The highest BCUT2D eigenvalue weighted by Crippen LogP contribution is 1.98. The van der Waals surface area contributed by atoms with Gasteiger partial charge in [-0.1, -0.05) is 13.8 Å². The first kappa shape index (κ1) is 10.9. The number of nitrogens with one attached hydrogen (secondary N) is 1. The Morgan fingerprint density at radius 2 is 2.00 bits per heavy atom.